The molecule has 3 rings (SSSR count). The molecule has 5 heteroatoms. The summed E-state index contributed by atoms with van der Waals surface area (Å²) in [6.07, 6.45) is 4.75. The molecule has 0 spiro atoms. The maximum absolute atomic E-state index is 12.6. The molecule has 1 aromatic heterocycles. The summed E-state index contributed by atoms with van der Waals surface area (Å²) in [5.41, 5.74) is 0.634. The van der Waals surface area contributed by atoms with E-state index in [1.807, 2.05) is 12.3 Å². The van der Waals surface area contributed by atoms with E-state index >= 15 is 0 Å². The van der Waals surface area contributed by atoms with Gasteiger partial charge in [-0.3, -0.25) is 4.79 Å². The number of thiazole rings is 1. The fraction of sp³-hybridized carbons (Fsp3) is 0.714. The highest BCUT2D eigenvalue weighted by molar-refractivity contribution is 7.09. The molecule has 1 amide bonds. The van der Waals surface area contributed by atoms with Crippen molar-refractivity contribution in [2.75, 3.05) is 20.1 Å². The Balaban J connectivity index is 1.77. The van der Waals surface area contributed by atoms with E-state index in [0.29, 0.717) is 17.8 Å². The van der Waals surface area contributed by atoms with Crippen LogP contribution in [0.25, 0.3) is 0 Å². The van der Waals surface area contributed by atoms with Gasteiger partial charge in [0.15, 0.2) is 0 Å². The van der Waals surface area contributed by atoms with Crippen LogP contribution < -0.4 is 0 Å². The third-order valence-electron chi connectivity index (χ3n) is 4.42. The van der Waals surface area contributed by atoms with E-state index in [0.717, 1.165) is 24.4 Å². The van der Waals surface area contributed by atoms with Crippen LogP contribution in [0.2, 0.25) is 0 Å². The lowest BCUT2D eigenvalue weighted by molar-refractivity contribution is 0.0659. The lowest BCUT2D eigenvalue weighted by Gasteiger charge is -2.32. The van der Waals surface area contributed by atoms with Crippen LogP contribution in [0.15, 0.2) is 5.38 Å². The Labute approximate surface area is 118 Å². The summed E-state index contributed by atoms with van der Waals surface area (Å²) >= 11 is 1.56. The van der Waals surface area contributed by atoms with Gasteiger partial charge in [-0.2, -0.15) is 0 Å². The monoisotopic (exact) mass is 279 g/mol. The topological polar surface area (TPSA) is 36.4 Å². The third kappa shape index (κ3) is 2.41. The molecule has 2 atom stereocenters. The molecule has 104 valence electrons. The van der Waals surface area contributed by atoms with Gasteiger partial charge in [0.05, 0.1) is 5.01 Å². The van der Waals surface area contributed by atoms with Gasteiger partial charge in [0, 0.05) is 24.0 Å². The van der Waals surface area contributed by atoms with E-state index < -0.39 is 0 Å². The average molecular weight is 279 g/mol. The maximum Gasteiger partial charge on any atom is 0.273 e. The van der Waals surface area contributed by atoms with E-state index in [9.17, 15) is 4.79 Å². The van der Waals surface area contributed by atoms with Crippen molar-refractivity contribution in [3.05, 3.63) is 16.1 Å². The second-order valence-electron chi connectivity index (χ2n) is 5.65. The highest BCUT2D eigenvalue weighted by Gasteiger charge is 2.39. The first-order chi connectivity index (χ1) is 9.16. The number of amides is 1. The van der Waals surface area contributed by atoms with Crippen molar-refractivity contribution in [1.29, 1.82) is 0 Å². The summed E-state index contributed by atoms with van der Waals surface area (Å²) in [5.74, 6) is 0.132. The summed E-state index contributed by atoms with van der Waals surface area (Å²) in [7, 11) is 2.19. The molecule has 0 bridgehead atoms. The molecule has 2 aliphatic heterocycles. The van der Waals surface area contributed by atoms with Crippen LogP contribution >= 0.6 is 11.3 Å². The first-order valence-corrected chi connectivity index (χ1v) is 7.98. The molecule has 4 nitrogen and oxygen atoms in total. The van der Waals surface area contributed by atoms with E-state index in [1.54, 1.807) is 11.3 Å². The molecular weight excluding hydrogens is 258 g/mol. The van der Waals surface area contributed by atoms with E-state index in [-0.39, 0.29) is 5.91 Å². The molecular formula is C14H21N3OS. The minimum Gasteiger partial charge on any atom is -0.333 e. The quantitative estimate of drug-likeness (QED) is 0.832. The summed E-state index contributed by atoms with van der Waals surface area (Å²) in [4.78, 5) is 21.4. The van der Waals surface area contributed by atoms with Gasteiger partial charge in [0.2, 0.25) is 0 Å². The van der Waals surface area contributed by atoms with Crippen molar-refractivity contribution < 1.29 is 4.79 Å². The molecule has 2 aliphatic rings. The average Bonchev–Trinajstić information content (AvgIpc) is 3.07. The number of rotatable bonds is 2. The van der Waals surface area contributed by atoms with Gasteiger partial charge in [0.25, 0.3) is 5.91 Å². The Morgan fingerprint density at radius 2 is 2.05 bits per heavy atom. The highest BCUT2D eigenvalue weighted by Crippen LogP contribution is 2.30. The molecule has 2 fully saturated rings. The number of hydrogen-bond acceptors (Lipinski definition) is 4. The molecule has 19 heavy (non-hydrogen) atoms. The van der Waals surface area contributed by atoms with Gasteiger partial charge < -0.3 is 9.80 Å². The lowest BCUT2D eigenvalue weighted by atomic mass is 10.0. The standard InChI is InChI=1S/C14H21N3OS/c1-10-15-11(9-19-10)14(18)17-8-4-6-13(17)12-5-3-7-16(12)2/h9,12-13H,3-8H2,1-2H3/t12-,13+/m0/s1. The molecule has 0 N–H and O–H groups in total. The number of likely N-dealkylation sites (N-methyl/N-ethyl adjacent to an activating group) is 1. The van der Waals surface area contributed by atoms with Crippen LogP contribution in [0, 0.1) is 6.92 Å². The first-order valence-electron chi connectivity index (χ1n) is 7.10. The molecule has 0 radical (unpaired) electrons. The second-order valence-corrected chi connectivity index (χ2v) is 6.71. The van der Waals surface area contributed by atoms with Gasteiger partial charge in [-0.1, -0.05) is 0 Å². The minimum absolute atomic E-state index is 0.132. The number of likely N-dealkylation sites (tertiary alicyclic amines) is 2. The zero-order chi connectivity index (χ0) is 13.4. The molecule has 2 saturated heterocycles. The van der Waals surface area contributed by atoms with Crippen molar-refractivity contribution in [3.63, 3.8) is 0 Å². The minimum atomic E-state index is 0.132. The molecule has 0 saturated carbocycles. The number of nitrogens with zero attached hydrogens (tertiary/aromatic N) is 3. The maximum atomic E-state index is 12.6. The fourth-order valence-electron chi connectivity index (χ4n) is 3.48. The van der Waals surface area contributed by atoms with Crippen molar-refractivity contribution in [2.45, 2.75) is 44.7 Å². The molecule has 1 aromatic rings. The van der Waals surface area contributed by atoms with E-state index in [1.165, 1.54) is 19.4 Å². The number of aryl methyl sites for hydroxylation is 1. The summed E-state index contributed by atoms with van der Waals surface area (Å²) in [5, 5.41) is 2.86. The SMILES string of the molecule is Cc1nc(C(=O)N2CCC[C@@H]2[C@@H]2CCCN2C)cs1. The van der Waals surface area contributed by atoms with Crippen LogP contribution in [0.4, 0.5) is 0 Å². The summed E-state index contributed by atoms with van der Waals surface area (Å²) in [6, 6.07) is 0.938. The Hall–Kier alpha value is -0.940. The third-order valence-corrected chi connectivity index (χ3v) is 5.19. The Bertz CT molecular complexity index is 473. The zero-order valence-corrected chi connectivity index (χ0v) is 12.4. The van der Waals surface area contributed by atoms with E-state index in [2.05, 4.69) is 21.8 Å². The first kappa shape index (κ1) is 13.1. The predicted octanol–water partition coefficient (Wildman–Crippen LogP) is 2.15. The number of carbonyl (C=O) groups excluding carboxylic acids is 1. The number of carbonyl (C=O) groups is 1. The van der Waals surface area contributed by atoms with Gasteiger partial charge >= 0.3 is 0 Å². The normalized spacial score (nSPS) is 28.2. The van der Waals surface area contributed by atoms with Crippen LogP contribution in [0.5, 0.6) is 0 Å². The second kappa shape index (κ2) is 5.21. The van der Waals surface area contributed by atoms with Crippen molar-refractivity contribution >= 4 is 17.2 Å². The summed E-state index contributed by atoms with van der Waals surface area (Å²) < 4.78 is 0. The Kier molecular flexibility index (Phi) is 3.58. The van der Waals surface area contributed by atoms with Crippen LogP contribution in [0.1, 0.15) is 41.2 Å². The smallest absolute Gasteiger partial charge is 0.273 e. The van der Waals surface area contributed by atoms with Crippen LogP contribution in [-0.4, -0.2) is 52.9 Å². The van der Waals surface area contributed by atoms with Gasteiger partial charge in [0.1, 0.15) is 5.69 Å². The summed E-state index contributed by atoms with van der Waals surface area (Å²) in [6.45, 7) is 4.01. The van der Waals surface area contributed by atoms with Crippen molar-refractivity contribution in [2.24, 2.45) is 0 Å². The molecule has 0 aliphatic carbocycles. The fourth-order valence-corrected chi connectivity index (χ4v) is 4.06. The lowest BCUT2D eigenvalue weighted by Crippen LogP contribution is -2.47. The molecule has 0 aromatic carbocycles. The van der Waals surface area contributed by atoms with Crippen LogP contribution in [0.3, 0.4) is 0 Å². The van der Waals surface area contributed by atoms with Crippen molar-refractivity contribution in [3.8, 4) is 0 Å². The van der Waals surface area contributed by atoms with Crippen molar-refractivity contribution in [1.82, 2.24) is 14.8 Å². The van der Waals surface area contributed by atoms with E-state index in [4.69, 9.17) is 0 Å². The predicted molar refractivity (Wildman–Crippen MR) is 76.6 cm³/mol. The Morgan fingerprint density at radius 3 is 2.68 bits per heavy atom. The van der Waals surface area contributed by atoms with Crippen LogP contribution in [-0.2, 0) is 0 Å². The Morgan fingerprint density at radius 1 is 1.32 bits per heavy atom. The number of aromatic nitrogens is 1. The molecule has 0 unspecified atom stereocenters. The number of hydrogen-bond donors (Lipinski definition) is 0. The largest absolute Gasteiger partial charge is 0.333 e. The highest BCUT2D eigenvalue weighted by atomic mass is 32.1. The van der Waals surface area contributed by atoms with Gasteiger partial charge in [-0.05, 0) is 46.2 Å². The molecule has 3 heterocycles. The zero-order valence-electron chi connectivity index (χ0n) is 11.6. The van der Waals surface area contributed by atoms with Gasteiger partial charge in [-0.15, -0.1) is 11.3 Å². The van der Waals surface area contributed by atoms with Gasteiger partial charge in [-0.25, -0.2) is 4.98 Å².